The van der Waals surface area contributed by atoms with Crippen molar-refractivity contribution >= 4 is 12.0 Å². The summed E-state index contributed by atoms with van der Waals surface area (Å²) in [6.45, 7) is 7.66. The summed E-state index contributed by atoms with van der Waals surface area (Å²) in [4.78, 5) is 27.7. The summed E-state index contributed by atoms with van der Waals surface area (Å²) < 4.78 is 10.6. The lowest BCUT2D eigenvalue weighted by Crippen LogP contribution is -2.54. The quantitative estimate of drug-likeness (QED) is 0.765. The van der Waals surface area contributed by atoms with Gasteiger partial charge in [0, 0.05) is 33.3 Å². The van der Waals surface area contributed by atoms with Crippen LogP contribution in [0.5, 0.6) is 0 Å². The number of hydrogen-bond donors (Lipinski definition) is 0. The predicted molar refractivity (Wildman–Crippen MR) is 73.4 cm³/mol. The third kappa shape index (κ3) is 3.23. The molecule has 1 aliphatic heterocycles. The first-order chi connectivity index (χ1) is 9.27. The van der Waals surface area contributed by atoms with Gasteiger partial charge in [-0.2, -0.15) is 0 Å². The summed E-state index contributed by atoms with van der Waals surface area (Å²) in [6, 6.07) is 0. The fourth-order valence-electron chi connectivity index (χ4n) is 2.33. The molecule has 20 heavy (non-hydrogen) atoms. The summed E-state index contributed by atoms with van der Waals surface area (Å²) in [5.41, 5.74) is -1.06. The molecule has 6 heteroatoms. The van der Waals surface area contributed by atoms with Gasteiger partial charge in [-0.1, -0.05) is 0 Å². The first-order valence-corrected chi connectivity index (χ1v) is 7.10. The summed E-state index contributed by atoms with van der Waals surface area (Å²) in [5.74, 6) is 0.0591. The Morgan fingerprint density at radius 2 is 1.50 bits per heavy atom. The molecule has 0 atom stereocenters. The molecule has 0 bridgehead atoms. The van der Waals surface area contributed by atoms with Gasteiger partial charge in [-0.05, 0) is 33.6 Å². The SMILES string of the molecule is COC1(C(=O)N2CCN(C(=O)OC(C)(C)C)CC2)CC1. The second kappa shape index (κ2) is 5.24. The molecule has 0 spiro atoms. The van der Waals surface area contributed by atoms with Crippen LogP contribution in [0.4, 0.5) is 4.79 Å². The van der Waals surface area contributed by atoms with E-state index in [-0.39, 0.29) is 12.0 Å². The average Bonchev–Trinajstić information content (AvgIpc) is 3.17. The highest BCUT2D eigenvalue weighted by Gasteiger charge is 2.52. The Labute approximate surface area is 120 Å². The maximum Gasteiger partial charge on any atom is 0.410 e. The molecule has 0 unspecified atom stereocenters. The van der Waals surface area contributed by atoms with Crippen molar-refractivity contribution < 1.29 is 19.1 Å². The molecule has 0 N–H and O–H groups in total. The van der Waals surface area contributed by atoms with Gasteiger partial charge >= 0.3 is 6.09 Å². The van der Waals surface area contributed by atoms with Crippen molar-refractivity contribution in [2.45, 2.75) is 44.8 Å². The number of nitrogens with zero attached hydrogens (tertiary/aromatic N) is 2. The highest BCUT2D eigenvalue weighted by atomic mass is 16.6. The minimum absolute atomic E-state index is 0.0591. The molecule has 6 nitrogen and oxygen atoms in total. The fraction of sp³-hybridized carbons (Fsp3) is 0.857. The number of rotatable bonds is 2. The van der Waals surface area contributed by atoms with Gasteiger partial charge in [0.05, 0.1) is 0 Å². The Bertz CT molecular complexity index is 390. The average molecular weight is 284 g/mol. The number of ether oxygens (including phenoxy) is 2. The van der Waals surface area contributed by atoms with Gasteiger partial charge in [-0.3, -0.25) is 4.79 Å². The first-order valence-electron chi connectivity index (χ1n) is 7.10. The highest BCUT2D eigenvalue weighted by molar-refractivity contribution is 5.88. The molecule has 2 rings (SSSR count). The zero-order valence-corrected chi connectivity index (χ0v) is 12.8. The predicted octanol–water partition coefficient (Wildman–Crippen LogP) is 1.24. The monoisotopic (exact) mass is 284 g/mol. The van der Waals surface area contributed by atoms with Crippen molar-refractivity contribution in [2.24, 2.45) is 0 Å². The van der Waals surface area contributed by atoms with Crippen LogP contribution in [0.25, 0.3) is 0 Å². The molecule has 114 valence electrons. The molecule has 1 heterocycles. The van der Waals surface area contributed by atoms with Crippen LogP contribution >= 0.6 is 0 Å². The number of carbonyl (C=O) groups excluding carboxylic acids is 2. The minimum Gasteiger partial charge on any atom is -0.444 e. The molecule has 1 saturated heterocycles. The molecule has 2 amide bonds. The maximum atomic E-state index is 12.3. The van der Waals surface area contributed by atoms with Crippen molar-refractivity contribution in [3.05, 3.63) is 0 Å². The van der Waals surface area contributed by atoms with Crippen LogP contribution in [0.15, 0.2) is 0 Å². The molecule has 0 radical (unpaired) electrons. The third-order valence-corrected chi connectivity index (χ3v) is 3.70. The summed E-state index contributed by atoms with van der Waals surface area (Å²) >= 11 is 0. The fourth-order valence-corrected chi connectivity index (χ4v) is 2.33. The van der Waals surface area contributed by atoms with Gasteiger partial charge in [0.2, 0.25) is 0 Å². The minimum atomic E-state index is -0.575. The van der Waals surface area contributed by atoms with E-state index in [9.17, 15) is 9.59 Å². The number of hydrogen-bond acceptors (Lipinski definition) is 4. The molecule has 2 fully saturated rings. The maximum absolute atomic E-state index is 12.3. The summed E-state index contributed by atoms with van der Waals surface area (Å²) in [5, 5.41) is 0. The van der Waals surface area contributed by atoms with E-state index in [1.807, 2.05) is 20.8 Å². The van der Waals surface area contributed by atoms with Crippen LogP contribution < -0.4 is 0 Å². The number of methoxy groups -OCH3 is 1. The van der Waals surface area contributed by atoms with Gasteiger partial charge in [0.1, 0.15) is 11.2 Å². The third-order valence-electron chi connectivity index (χ3n) is 3.70. The zero-order chi connectivity index (χ0) is 15.0. The van der Waals surface area contributed by atoms with Crippen molar-refractivity contribution in [2.75, 3.05) is 33.3 Å². The zero-order valence-electron chi connectivity index (χ0n) is 12.8. The summed E-state index contributed by atoms with van der Waals surface area (Å²) in [6.07, 6.45) is 1.29. The Hall–Kier alpha value is -1.30. The van der Waals surface area contributed by atoms with Crippen LogP contribution in [0, 0.1) is 0 Å². The molecular formula is C14H24N2O4. The normalized spacial score (nSPS) is 21.6. The molecule has 0 aromatic carbocycles. The first kappa shape index (κ1) is 15.1. The second-order valence-corrected chi connectivity index (χ2v) is 6.46. The van der Waals surface area contributed by atoms with Crippen LogP contribution in [0.2, 0.25) is 0 Å². The van der Waals surface area contributed by atoms with Gasteiger partial charge in [0.25, 0.3) is 5.91 Å². The standard InChI is InChI=1S/C14H24N2O4/c1-13(2,3)20-12(18)16-9-7-15(8-10-16)11(17)14(19-4)5-6-14/h5-10H2,1-4H3. The Kier molecular flexibility index (Phi) is 3.95. The van der Waals surface area contributed by atoms with Gasteiger partial charge < -0.3 is 19.3 Å². The lowest BCUT2D eigenvalue weighted by atomic mass is 10.2. The molecule has 2 aliphatic rings. The van der Waals surface area contributed by atoms with E-state index in [4.69, 9.17) is 9.47 Å². The Morgan fingerprint density at radius 3 is 1.90 bits per heavy atom. The molecule has 0 aromatic heterocycles. The van der Waals surface area contributed by atoms with E-state index in [1.54, 1.807) is 16.9 Å². The van der Waals surface area contributed by atoms with Gasteiger partial charge in [-0.25, -0.2) is 4.79 Å². The van der Waals surface area contributed by atoms with E-state index < -0.39 is 11.2 Å². The van der Waals surface area contributed by atoms with Crippen LogP contribution in [0.1, 0.15) is 33.6 Å². The summed E-state index contributed by atoms with van der Waals surface area (Å²) in [7, 11) is 1.59. The molecule has 1 aliphatic carbocycles. The number of piperazine rings is 1. The van der Waals surface area contributed by atoms with Crippen LogP contribution in [0.3, 0.4) is 0 Å². The van der Waals surface area contributed by atoms with E-state index in [1.165, 1.54) is 0 Å². The number of amides is 2. The lowest BCUT2D eigenvalue weighted by Gasteiger charge is -2.36. The number of carbonyl (C=O) groups is 2. The van der Waals surface area contributed by atoms with Crippen molar-refractivity contribution in [3.63, 3.8) is 0 Å². The van der Waals surface area contributed by atoms with E-state index in [0.717, 1.165) is 12.8 Å². The topological polar surface area (TPSA) is 59.1 Å². The smallest absolute Gasteiger partial charge is 0.410 e. The van der Waals surface area contributed by atoms with Gasteiger partial charge in [-0.15, -0.1) is 0 Å². The molecule has 1 saturated carbocycles. The molecular weight excluding hydrogens is 260 g/mol. The van der Waals surface area contributed by atoms with E-state index in [2.05, 4.69) is 0 Å². The highest BCUT2D eigenvalue weighted by Crippen LogP contribution is 2.40. The Balaban J connectivity index is 1.84. The second-order valence-electron chi connectivity index (χ2n) is 6.46. The van der Waals surface area contributed by atoms with Crippen molar-refractivity contribution in [1.29, 1.82) is 0 Å². The van der Waals surface area contributed by atoms with Gasteiger partial charge in [0.15, 0.2) is 0 Å². The van der Waals surface area contributed by atoms with Crippen molar-refractivity contribution in [1.82, 2.24) is 9.80 Å². The Morgan fingerprint density at radius 1 is 1.00 bits per heavy atom. The lowest BCUT2D eigenvalue weighted by molar-refractivity contribution is -0.146. The largest absolute Gasteiger partial charge is 0.444 e. The van der Waals surface area contributed by atoms with E-state index in [0.29, 0.717) is 26.2 Å². The van der Waals surface area contributed by atoms with E-state index >= 15 is 0 Å². The van der Waals surface area contributed by atoms with Crippen LogP contribution in [-0.4, -0.2) is 66.3 Å². The molecule has 0 aromatic rings. The van der Waals surface area contributed by atoms with Crippen molar-refractivity contribution in [3.8, 4) is 0 Å². The van der Waals surface area contributed by atoms with Crippen LogP contribution in [-0.2, 0) is 14.3 Å².